The Morgan fingerprint density at radius 3 is 2.57 bits per heavy atom. The van der Waals surface area contributed by atoms with E-state index in [-0.39, 0.29) is 23.0 Å². The molecule has 0 aliphatic heterocycles. The molecule has 4 rings (SSSR count). The fourth-order valence-corrected chi connectivity index (χ4v) is 4.72. The van der Waals surface area contributed by atoms with Crippen molar-refractivity contribution in [2.24, 2.45) is 5.10 Å². The predicted molar refractivity (Wildman–Crippen MR) is 150 cm³/mol. The lowest BCUT2D eigenvalue weighted by Gasteiger charge is -2.21. The first-order chi connectivity index (χ1) is 17.9. The second kappa shape index (κ2) is 11.9. The first-order valence-corrected chi connectivity index (χ1v) is 13.1. The largest absolute Gasteiger partial charge is 0.507 e. The summed E-state index contributed by atoms with van der Waals surface area (Å²) in [7, 11) is 0. The van der Waals surface area contributed by atoms with Crippen LogP contribution in [0.15, 0.2) is 81.8 Å². The third-order valence-electron chi connectivity index (χ3n) is 5.70. The number of hydrazone groups is 1. The average Bonchev–Trinajstić information content (AvgIpc) is 2.90. The molecule has 10 heteroatoms. The number of thioether (sulfide) groups is 1. The summed E-state index contributed by atoms with van der Waals surface area (Å²) < 4.78 is 1.47. The maximum absolute atomic E-state index is 13.3. The number of carbonyl (C=O) groups is 1. The van der Waals surface area contributed by atoms with E-state index >= 15 is 0 Å². The van der Waals surface area contributed by atoms with E-state index in [0.717, 1.165) is 30.5 Å². The quantitative estimate of drug-likeness (QED) is 0.138. The van der Waals surface area contributed by atoms with Gasteiger partial charge in [0, 0.05) is 35.4 Å². The molecule has 190 valence electrons. The number of hydrogen-bond donors (Lipinski definition) is 2. The highest BCUT2D eigenvalue weighted by molar-refractivity contribution is 7.99. The molecule has 0 fully saturated rings. The van der Waals surface area contributed by atoms with Gasteiger partial charge in [0.05, 0.1) is 28.6 Å². The van der Waals surface area contributed by atoms with Gasteiger partial charge in [-0.3, -0.25) is 14.2 Å². The van der Waals surface area contributed by atoms with E-state index in [1.165, 1.54) is 10.8 Å². The van der Waals surface area contributed by atoms with Crippen LogP contribution < -0.4 is 15.9 Å². The van der Waals surface area contributed by atoms with Gasteiger partial charge in [-0.2, -0.15) is 5.10 Å². The molecule has 1 aromatic heterocycles. The Morgan fingerprint density at radius 1 is 1.14 bits per heavy atom. The molecule has 1 heterocycles. The first kappa shape index (κ1) is 26.2. The average molecular weight is 536 g/mol. The van der Waals surface area contributed by atoms with Gasteiger partial charge in [0.25, 0.3) is 11.5 Å². The summed E-state index contributed by atoms with van der Waals surface area (Å²) in [4.78, 5) is 32.5. The first-order valence-electron chi connectivity index (χ1n) is 11.7. The lowest BCUT2D eigenvalue weighted by Crippen LogP contribution is -2.24. The highest BCUT2D eigenvalue weighted by Gasteiger charge is 2.15. The summed E-state index contributed by atoms with van der Waals surface area (Å²) in [6.45, 7) is 5.75. The van der Waals surface area contributed by atoms with Gasteiger partial charge in [0.15, 0.2) is 5.16 Å². The summed E-state index contributed by atoms with van der Waals surface area (Å²) in [6, 6.07) is 19.2. The molecule has 8 nitrogen and oxygen atoms in total. The number of carbonyl (C=O) groups excluding carboxylic acids is 1. The van der Waals surface area contributed by atoms with E-state index in [0.29, 0.717) is 32.3 Å². The topological polar surface area (TPSA) is 99.8 Å². The van der Waals surface area contributed by atoms with Gasteiger partial charge in [-0.1, -0.05) is 35.5 Å². The zero-order chi connectivity index (χ0) is 26.4. The molecule has 4 aromatic rings. The second-order valence-corrected chi connectivity index (χ2v) is 9.40. The summed E-state index contributed by atoms with van der Waals surface area (Å²) in [5.74, 6) is -0.336. The molecule has 37 heavy (non-hydrogen) atoms. The minimum absolute atomic E-state index is 0.0252. The minimum Gasteiger partial charge on any atom is -0.507 e. The molecule has 1 amide bonds. The van der Waals surface area contributed by atoms with Gasteiger partial charge >= 0.3 is 0 Å². The number of hydrogen-bond acceptors (Lipinski definition) is 7. The van der Waals surface area contributed by atoms with Crippen LogP contribution in [0.3, 0.4) is 0 Å². The smallest absolute Gasteiger partial charge is 0.266 e. The van der Waals surface area contributed by atoms with Crippen molar-refractivity contribution in [2.75, 3.05) is 23.7 Å². The number of anilines is 1. The molecule has 3 aromatic carbocycles. The zero-order valence-corrected chi connectivity index (χ0v) is 22.0. The SMILES string of the molecule is CCN(CC)c1ccc(C=NNC(=O)CSc2nc3ccccc3c(=O)n2-c2ccc(Cl)cc2)c(O)c1. The summed E-state index contributed by atoms with van der Waals surface area (Å²) >= 11 is 7.14. The van der Waals surface area contributed by atoms with Crippen molar-refractivity contribution in [1.82, 2.24) is 15.0 Å². The number of aromatic nitrogens is 2. The summed E-state index contributed by atoms with van der Waals surface area (Å²) in [6.07, 6.45) is 1.39. The Hall–Kier alpha value is -3.82. The van der Waals surface area contributed by atoms with Crippen LogP contribution in [0.5, 0.6) is 5.75 Å². The number of nitrogens with one attached hydrogen (secondary N) is 1. The molecule has 0 bridgehead atoms. The van der Waals surface area contributed by atoms with Gasteiger partial charge < -0.3 is 10.0 Å². The summed E-state index contributed by atoms with van der Waals surface area (Å²) in [5.41, 5.74) is 4.76. The Labute approximate surface area is 223 Å². The molecule has 0 saturated carbocycles. The third kappa shape index (κ3) is 6.12. The molecule has 0 aliphatic rings. The Kier molecular flexibility index (Phi) is 8.47. The molecule has 0 saturated heterocycles. The van der Waals surface area contributed by atoms with E-state index in [9.17, 15) is 14.7 Å². The van der Waals surface area contributed by atoms with Crippen LogP contribution in [0, 0.1) is 0 Å². The Morgan fingerprint density at radius 2 is 1.86 bits per heavy atom. The van der Waals surface area contributed by atoms with Crippen molar-refractivity contribution < 1.29 is 9.90 Å². The van der Waals surface area contributed by atoms with Crippen LogP contribution in [0.2, 0.25) is 5.02 Å². The number of benzene rings is 3. The van der Waals surface area contributed by atoms with Crippen molar-refractivity contribution in [3.8, 4) is 11.4 Å². The lowest BCUT2D eigenvalue weighted by molar-refractivity contribution is -0.118. The van der Waals surface area contributed by atoms with Crippen molar-refractivity contribution in [2.45, 2.75) is 19.0 Å². The highest BCUT2D eigenvalue weighted by Crippen LogP contribution is 2.24. The number of halogens is 1. The van der Waals surface area contributed by atoms with E-state index in [4.69, 9.17) is 11.6 Å². The number of rotatable bonds is 9. The van der Waals surface area contributed by atoms with Crippen molar-refractivity contribution in [3.63, 3.8) is 0 Å². The van der Waals surface area contributed by atoms with Crippen molar-refractivity contribution in [3.05, 3.63) is 87.7 Å². The minimum atomic E-state index is -0.384. The molecule has 2 N–H and O–H groups in total. The van der Waals surface area contributed by atoms with Crippen LogP contribution in [0.1, 0.15) is 19.4 Å². The number of phenols is 1. The molecule has 0 unspecified atom stereocenters. The third-order valence-corrected chi connectivity index (χ3v) is 6.89. The molecule has 0 spiro atoms. The maximum Gasteiger partial charge on any atom is 0.266 e. The van der Waals surface area contributed by atoms with Crippen LogP contribution in [0.4, 0.5) is 5.69 Å². The van der Waals surface area contributed by atoms with Crippen LogP contribution in [-0.4, -0.2) is 45.6 Å². The van der Waals surface area contributed by atoms with Crippen LogP contribution >= 0.6 is 23.4 Å². The number of para-hydroxylation sites is 1. The molecule has 0 radical (unpaired) electrons. The van der Waals surface area contributed by atoms with Crippen molar-refractivity contribution in [1.29, 1.82) is 0 Å². The van der Waals surface area contributed by atoms with Crippen LogP contribution in [0.25, 0.3) is 16.6 Å². The van der Waals surface area contributed by atoms with Crippen molar-refractivity contribution >= 4 is 52.1 Å². The van der Waals surface area contributed by atoms with E-state index in [2.05, 4.69) is 20.4 Å². The Bertz CT molecular complexity index is 1500. The van der Waals surface area contributed by atoms with Gasteiger partial charge in [-0.15, -0.1) is 0 Å². The molecule has 0 atom stereocenters. The standard InChI is InChI=1S/C27H26ClN5O3S/c1-3-32(4-2)21-12-9-18(24(34)15-21)16-29-31-25(35)17-37-27-30-23-8-6-5-7-22(23)26(36)33(27)20-13-10-19(28)11-14-20/h5-16,34H,3-4,17H2,1-2H3,(H,31,35). The molecule has 0 aliphatic carbocycles. The normalized spacial score (nSPS) is 11.2. The summed E-state index contributed by atoms with van der Waals surface area (Å²) in [5, 5.41) is 15.7. The number of aromatic hydroxyl groups is 1. The van der Waals surface area contributed by atoms with Crippen LogP contribution in [-0.2, 0) is 4.79 Å². The van der Waals surface area contributed by atoms with E-state index in [1.54, 1.807) is 60.7 Å². The number of nitrogens with zero attached hydrogens (tertiary/aromatic N) is 4. The molecular weight excluding hydrogens is 510 g/mol. The molecular formula is C27H26ClN5O3S. The maximum atomic E-state index is 13.3. The van der Waals surface area contributed by atoms with Gasteiger partial charge in [-0.05, 0) is 62.4 Å². The fourth-order valence-electron chi connectivity index (χ4n) is 3.79. The Balaban J connectivity index is 1.49. The predicted octanol–water partition coefficient (Wildman–Crippen LogP) is 4.83. The number of fused-ring (bicyclic) bond motifs is 1. The second-order valence-electron chi connectivity index (χ2n) is 8.03. The number of phenolic OH excluding ortho intramolecular Hbond substituents is 1. The zero-order valence-electron chi connectivity index (χ0n) is 20.4. The highest BCUT2D eigenvalue weighted by atomic mass is 35.5. The fraction of sp³-hybridized carbons (Fsp3) is 0.185. The number of amides is 1. The van der Waals surface area contributed by atoms with Gasteiger partial charge in [0.1, 0.15) is 5.75 Å². The monoisotopic (exact) mass is 535 g/mol. The lowest BCUT2D eigenvalue weighted by atomic mass is 10.2. The van der Waals surface area contributed by atoms with E-state index in [1.807, 2.05) is 19.9 Å². The van der Waals surface area contributed by atoms with Gasteiger partial charge in [0.2, 0.25) is 0 Å². The van der Waals surface area contributed by atoms with Gasteiger partial charge in [-0.25, -0.2) is 10.4 Å². The van der Waals surface area contributed by atoms with E-state index < -0.39 is 0 Å².